The first-order chi connectivity index (χ1) is 17.5. The van der Waals surface area contributed by atoms with Gasteiger partial charge in [0.25, 0.3) is 0 Å². The van der Waals surface area contributed by atoms with Gasteiger partial charge < -0.3 is 29.2 Å². The van der Waals surface area contributed by atoms with Crippen molar-refractivity contribution in [3.63, 3.8) is 0 Å². The van der Waals surface area contributed by atoms with E-state index in [0.29, 0.717) is 39.3 Å². The van der Waals surface area contributed by atoms with Crippen LogP contribution in [0.15, 0.2) is 0 Å². The molecule has 14 heteroatoms. The number of hydrogen-bond donors (Lipinski definition) is 1. The Hall–Kier alpha value is -1.99. The van der Waals surface area contributed by atoms with Gasteiger partial charge in [-0.05, 0) is 64.7 Å². The largest absolute Gasteiger partial charge is 0.444 e. The van der Waals surface area contributed by atoms with E-state index in [1.807, 2.05) is 46.4 Å². The van der Waals surface area contributed by atoms with Gasteiger partial charge in [0.1, 0.15) is 17.5 Å². The zero-order valence-corrected chi connectivity index (χ0v) is 24.7. The first-order valence-corrected chi connectivity index (χ1v) is 13.1. The number of aldehydes is 1. The molecule has 2 heterocycles. The summed E-state index contributed by atoms with van der Waals surface area (Å²) in [5.74, 6) is 0. The van der Waals surface area contributed by atoms with Gasteiger partial charge >= 0.3 is 22.7 Å². The number of carbonyl (C=O) groups is 5. The molecule has 0 saturated carbocycles. The molecule has 0 aromatic carbocycles. The van der Waals surface area contributed by atoms with Crippen molar-refractivity contribution < 1.29 is 38.6 Å². The minimum absolute atomic E-state index is 0.173. The van der Waals surface area contributed by atoms with Crippen LogP contribution >= 0.6 is 23.2 Å². The first-order valence-electron chi connectivity index (χ1n) is 12.3. The van der Waals surface area contributed by atoms with E-state index in [-0.39, 0.29) is 18.8 Å². The molecule has 220 valence electrons. The lowest BCUT2D eigenvalue weighted by Gasteiger charge is -2.35. The fraction of sp³-hybridized carbons (Fsp3) is 0.792. The van der Waals surface area contributed by atoms with Crippen LogP contribution in [-0.4, -0.2) is 137 Å². The molecule has 2 amide bonds. The van der Waals surface area contributed by atoms with E-state index in [0.717, 1.165) is 32.5 Å². The third-order valence-corrected chi connectivity index (χ3v) is 5.39. The Kier molecular flexibility index (Phi) is 16.6. The van der Waals surface area contributed by atoms with Crippen molar-refractivity contribution in [1.29, 1.82) is 0 Å². The molecule has 2 aliphatic rings. The van der Waals surface area contributed by atoms with E-state index in [1.54, 1.807) is 9.80 Å². The summed E-state index contributed by atoms with van der Waals surface area (Å²) < 4.78 is 10.6. The lowest BCUT2D eigenvalue weighted by Crippen LogP contribution is -2.50. The van der Waals surface area contributed by atoms with E-state index in [1.165, 1.54) is 0 Å². The molecule has 0 bridgehead atoms. The number of hydrogen-bond acceptors (Lipinski definition) is 10. The van der Waals surface area contributed by atoms with Gasteiger partial charge in [0.2, 0.25) is 0 Å². The summed E-state index contributed by atoms with van der Waals surface area (Å²) in [6.45, 7) is 18.2. The molecule has 0 spiro atoms. The van der Waals surface area contributed by atoms with E-state index >= 15 is 0 Å². The van der Waals surface area contributed by atoms with Crippen LogP contribution in [0, 0.1) is 0 Å². The number of aliphatic hydroxyl groups is 1. The number of ether oxygens (including phenoxy) is 2. The third-order valence-electron chi connectivity index (χ3n) is 4.95. The molecule has 0 radical (unpaired) electrons. The maximum Gasteiger partial charge on any atom is 0.410 e. The summed E-state index contributed by atoms with van der Waals surface area (Å²) in [6.07, 6.45) is 0.387. The van der Waals surface area contributed by atoms with E-state index < -0.39 is 21.7 Å². The van der Waals surface area contributed by atoms with Gasteiger partial charge in [-0.15, -0.1) is 0 Å². The Morgan fingerprint density at radius 3 is 1.32 bits per heavy atom. The summed E-state index contributed by atoms with van der Waals surface area (Å²) in [4.78, 5) is 60.2. The summed E-state index contributed by atoms with van der Waals surface area (Å²) in [5.41, 5.74) is -0.879. The molecule has 0 atom stereocenters. The zero-order valence-electron chi connectivity index (χ0n) is 23.2. The molecule has 0 unspecified atom stereocenters. The summed E-state index contributed by atoms with van der Waals surface area (Å²) in [7, 11) is 0. The van der Waals surface area contributed by atoms with Crippen LogP contribution in [0.2, 0.25) is 0 Å². The predicted molar refractivity (Wildman–Crippen MR) is 143 cm³/mol. The summed E-state index contributed by atoms with van der Waals surface area (Å²) >= 11 is 8.98. The highest BCUT2D eigenvalue weighted by Gasteiger charge is 2.26. The summed E-state index contributed by atoms with van der Waals surface area (Å²) in [5, 5.41) is 6.52. The third kappa shape index (κ3) is 17.5. The smallest absolute Gasteiger partial charge is 0.410 e. The molecule has 0 aliphatic carbocycles. The van der Waals surface area contributed by atoms with Crippen molar-refractivity contribution in [2.24, 2.45) is 0 Å². The maximum absolute atomic E-state index is 11.7. The first kappa shape index (κ1) is 36.0. The van der Waals surface area contributed by atoms with Gasteiger partial charge in [-0.3, -0.25) is 19.4 Å². The van der Waals surface area contributed by atoms with Crippen LogP contribution in [0.4, 0.5) is 9.59 Å². The van der Waals surface area contributed by atoms with Crippen LogP contribution < -0.4 is 0 Å². The van der Waals surface area contributed by atoms with Crippen molar-refractivity contribution in [2.45, 2.75) is 52.7 Å². The second-order valence-electron chi connectivity index (χ2n) is 10.5. The molecule has 2 saturated heterocycles. The Morgan fingerprint density at radius 1 is 0.711 bits per heavy atom. The normalized spacial score (nSPS) is 16.8. The van der Waals surface area contributed by atoms with E-state index in [2.05, 4.69) is 28.1 Å². The summed E-state index contributed by atoms with van der Waals surface area (Å²) in [6, 6.07) is 0. The average molecular weight is 586 g/mol. The highest BCUT2D eigenvalue weighted by atomic mass is 35.5. The molecule has 2 aliphatic heterocycles. The maximum atomic E-state index is 11.7. The van der Waals surface area contributed by atoms with Crippen LogP contribution in [0.5, 0.6) is 0 Å². The molecule has 2 fully saturated rings. The van der Waals surface area contributed by atoms with Crippen LogP contribution in [0.25, 0.3) is 0 Å². The lowest BCUT2D eigenvalue weighted by molar-refractivity contribution is -0.127. The minimum atomic E-state index is -1.14. The van der Waals surface area contributed by atoms with Crippen LogP contribution in [0.3, 0.4) is 0 Å². The highest BCUT2D eigenvalue weighted by Crippen LogP contribution is 2.12. The Morgan fingerprint density at radius 2 is 1.05 bits per heavy atom. The monoisotopic (exact) mass is 584 g/mol. The molecule has 38 heavy (non-hydrogen) atoms. The second kappa shape index (κ2) is 17.6. The van der Waals surface area contributed by atoms with E-state index in [4.69, 9.17) is 14.6 Å². The fourth-order valence-corrected chi connectivity index (χ4v) is 3.17. The number of carbonyl (C=O) groups excluding carboxylic acids is 5. The molecule has 2 rings (SSSR count). The highest BCUT2D eigenvalue weighted by molar-refractivity contribution is 6.97. The number of halogens is 2. The number of piperazine rings is 2. The van der Waals surface area contributed by atoms with Crippen molar-refractivity contribution in [3.05, 3.63) is 0 Å². The molecular weight excluding hydrogens is 543 g/mol. The zero-order chi connectivity index (χ0) is 29.5. The van der Waals surface area contributed by atoms with Gasteiger partial charge in [-0.2, -0.15) is 0 Å². The lowest BCUT2D eigenvalue weighted by atomic mass is 10.2. The second-order valence-corrected chi connectivity index (χ2v) is 11.2. The number of β-amino-alcohol motifs (C(OH)–C–C–N with tert-alkyl or cyclic N) is 1. The number of nitrogens with zero attached hydrogens (tertiary/aromatic N) is 4. The van der Waals surface area contributed by atoms with Gasteiger partial charge in [0.05, 0.1) is 13.2 Å². The van der Waals surface area contributed by atoms with Crippen molar-refractivity contribution in [3.8, 4) is 0 Å². The Bertz CT molecular complexity index is 758. The predicted octanol–water partition coefficient (Wildman–Crippen LogP) is 1.79. The average Bonchev–Trinajstić information content (AvgIpc) is 2.79. The standard InChI is InChI=1S/C11H22N2O3.C11H20N2O3.C2Cl2O2/c2*1-11(2,3)16-10(15)13-6-4-12(5-7-13)8-9-14;3-1(5)2(4)6/h14H,4-9H2,1-3H3;9H,4-8H2,1-3H3;. The van der Waals surface area contributed by atoms with Gasteiger partial charge in [-0.25, -0.2) is 9.59 Å². The molecule has 12 nitrogen and oxygen atoms in total. The topological polar surface area (TPSA) is 137 Å². The van der Waals surface area contributed by atoms with Crippen molar-refractivity contribution in [1.82, 2.24) is 19.6 Å². The number of amides is 2. The SMILES string of the molecule is CC(C)(C)OC(=O)N1CCN(CC=O)CC1.CC(C)(C)OC(=O)N1CCN(CCO)CC1.O=C(Cl)C(=O)Cl. The van der Waals surface area contributed by atoms with Crippen molar-refractivity contribution >= 4 is 52.2 Å². The molecular formula is C24H42Cl2N4O8. The van der Waals surface area contributed by atoms with Crippen molar-refractivity contribution in [2.75, 3.05) is 72.1 Å². The number of aliphatic hydroxyl groups excluding tert-OH is 1. The Balaban J connectivity index is 0.000000596. The van der Waals surface area contributed by atoms with Gasteiger partial charge in [-0.1, -0.05) is 0 Å². The van der Waals surface area contributed by atoms with E-state index in [9.17, 15) is 24.0 Å². The quantitative estimate of drug-likeness (QED) is 0.289. The molecule has 0 aromatic heterocycles. The van der Waals surface area contributed by atoms with Gasteiger partial charge in [0, 0.05) is 58.9 Å². The van der Waals surface area contributed by atoms with Crippen LogP contribution in [-0.2, 0) is 23.9 Å². The van der Waals surface area contributed by atoms with Gasteiger partial charge in [0.15, 0.2) is 0 Å². The fourth-order valence-electron chi connectivity index (χ4n) is 3.17. The number of rotatable bonds is 5. The van der Waals surface area contributed by atoms with Crippen LogP contribution in [0.1, 0.15) is 41.5 Å². The Labute approximate surface area is 235 Å². The molecule has 0 aromatic rings. The minimum Gasteiger partial charge on any atom is -0.444 e. The molecule has 1 N–H and O–H groups in total.